The van der Waals surface area contributed by atoms with E-state index in [-0.39, 0.29) is 23.4 Å². The van der Waals surface area contributed by atoms with E-state index in [0.29, 0.717) is 35.9 Å². The van der Waals surface area contributed by atoms with E-state index in [2.05, 4.69) is 29.5 Å². The van der Waals surface area contributed by atoms with Gasteiger partial charge in [-0.3, -0.25) is 14.6 Å². The van der Waals surface area contributed by atoms with Crippen molar-refractivity contribution >= 4 is 29.1 Å². The van der Waals surface area contributed by atoms with E-state index in [1.165, 1.54) is 0 Å². The lowest BCUT2D eigenvalue weighted by molar-refractivity contribution is -0.119. The van der Waals surface area contributed by atoms with Gasteiger partial charge >= 0.3 is 0 Å². The number of benzene rings is 1. The van der Waals surface area contributed by atoms with E-state index in [1.807, 2.05) is 12.1 Å². The molecule has 4 atom stereocenters. The summed E-state index contributed by atoms with van der Waals surface area (Å²) in [7, 11) is 1.78. The molecular weight excluding hydrogens is 424 g/mol. The number of nitrogens with one attached hydrogen (secondary N) is 2. The molecule has 1 aliphatic carbocycles. The number of aliphatic imine (C=N–C) groups is 1. The summed E-state index contributed by atoms with van der Waals surface area (Å²) in [5, 5.41) is 6.67. The maximum Gasteiger partial charge on any atom is 0.267 e. The van der Waals surface area contributed by atoms with E-state index in [1.54, 1.807) is 19.2 Å². The Bertz CT molecular complexity index is 894. The number of hydrogen-bond donors (Lipinski definition) is 3. The maximum atomic E-state index is 12.7. The summed E-state index contributed by atoms with van der Waals surface area (Å²) < 4.78 is 0. The molecule has 3 rings (SSSR count). The van der Waals surface area contributed by atoms with Gasteiger partial charge in [-0.2, -0.15) is 0 Å². The van der Waals surface area contributed by atoms with E-state index < -0.39 is 0 Å². The average molecular weight is 459 g/mol. The first kappa shape index (κ1) is 24.3. The van der Waals surface area contributed by atoms with Crippen LogP contribution in [0.3, 0.4) is 0 Å². The fraction of sp³-hybridized carbons (Fsp3) is 0.560. The van der Waals surface area contributed by atoms with Crippen LogP contribution in [0.25, 0.3) is 0 Å². The lowest BCUT2D eigenvalue weighted by atomic mass is 9.72. The zero-order valence-corrected chi connectivity index (χ0v) is 20.0. The highest BCUT2D eigenvalue weighted by Crippen LogP contribution is 2.36. The molecule has 0 bridgehead atoms. The van der Waals surface area contributed by atoms with Crippen LogP contribution < -0.4 is 16.4 Å². The van der Waals surface area contributed by atoms with E-state index in [9.17, 15) is 9.59 Å². The zero-order chi connectivity index (χ0) is 23.3. The van der Waals surface area contributed by atoms with Crippen LogP contribution in [0.1, 0.15) is 57.9 Å². The molecule has 4 N–H and O–H groups in total. The molecule has 1 saturated carbocycles. The number of allylic oxidation sites excluding steroid dienone is 1. The van der Waals surface area contributed by atoms with Crippen molar-refractivity contribution in [3.8, 4) is 0 Å². The molecule has 0 spiro atoms. The monoisotopic (exact) mass is 458 g/mol. The number of amides is 2. The van der Waals surface area contributed by atoms with Gasteiger partial charge in [0.25, 0.3) is 5.91 Å². The molecule has 2 amide bonds. The van der Waals surface area contributed by atoms with Crippen molar-refractivity contribution < 1.29 is 9.59 Å². The van der Waals surface area contributed by atoms with Gasteiger partial charge in [-0.05, 0) is 61.6 Å². The summed E-state index contributed by atoms with van der Waals surface area (Å²) in [6, 6.07) is 7.68. The third-order valence-electron chi connectivity index (χ3n) is 7.10. The van der Waals surface area contributed by atoms with Crippen LogP contribution in [0.2, 0.25) is 5.02 Å². The van der Waals surface area contributed by atoms with Gasteiger partial charge < -0.3 is 16.4 Å². The van der Waals surface area contributed by atoms with Crippen LogP contribution >= 0.6 is 11.6 Å². The molecular formula is C25H35ClN4O2. The molecule has 32 heavy (non-hydrogen) atoms. The number of rotatable bonds is 7. The van der Waals surface area contributed by atoms with Crippen LogP contribution in [-0.2, 0) is 16.1 Å². The molecule has 1 saturated heterocycles. The average Bonchev–Trinajstić information content (AvgIpc) is 3.23. The topological polar surface area (TPSA) is 96.6 Å². The molecule has 2 fully saturated rings. The molecule has 4 unspecified atom stereocenters. The number of nitrogens with zero attached hydrogens (tertiary/aromatic N) is 1. The summed E-state index contributed by atoms with van der Waals surface area (Å²) in [6.07, 6.45) is 5.50. The lowest BCUT2D eigenvalue weighted by Gasteiger charge is -2.34. The van der Waals surface area contributed by atoms with Crippen molar-refractivity contribution in [2.75, 3.05) is 7.05 Å². The van der Waals surface area contributed by atoms with Crippen molar-refractivity contribution in [2.24, 2.45) is 28.5 Å². The third kappa shape index (κ3) is 5.91. The van der Waals surface area contributed by atoms with Gasteiger partial charge in [0, 0.05) is 48.3 Å². The predicted molar refractivity (Wildman–Crippen MR) is 129 cm³/mol. The second kappa shape index (κ2) is 11.0. The molecule has 1 heterocycles. The van der Waals surface area contributed by atoms with Crippen molar-refractivity contribution in [1.29, 1.82) is 0 Å². The number of hydrogen-bond acceptors (Lipinski definition) is 4. The molecule has 0 radical (unpaired) electrons. The molecule has 1 aromatic rings. The quantitative estimate of drug-likeness (QED) is 0.539. The molecule has 1 aromatic carbocycles. The molecule has 6 nitrogen and oxygen atoms in total. The van der Waals surface area contributed by atoms with Crippen molar-refractivity contribution in [3.63, 3.8) is 0 Å². The number of carbonyl (C=O) groups excluding carboxylic acids is 2. The van der Waals surface area contributed by atoms with Gasteiger partial charge in [-0.1, -0.05) is 37.6 Å². The summed E-state index contributed by atoms with van der Waals surface area (Å²) in [6.45, 7) is 4.82. The minimum absolute atomic E-state index is 0.174. The van der Waals surface area contributed by atoms with Gasteiger partial charge in [-0.25, -0.2) is 0 Å². The van der Waals surface area contributed by atoms with Crippen molar-refractivity contribution in [1.82, 2.24) is 10.6 Å². The van der Waals surface area contributed by atoms with E-state index >= 15 is 0 Å². The fourth-order valence-electron chi connectivity index (χ4n) is 4.97. The number of halogens is 1. The Labute approximate surface area is 196 Å². The Balaban J connectivity index is 1.58. The van der Waals surface area contributed by atoms with Crippen LogP contribution in [0.5, 0.6) is 0 Å². The second-order valence-electron chi connectivity index (χ2n) is 9.16. The Morgan fingerprint density at radius 2 is 2.00 bits per heavy atom. The molecule has 2 aliphatic rings. The normalized spacial score (nSPS) is 27.2. The molecule has 7 heteroatoms. The highest BCUT2D eigenvalue weighted by Gasteiger charge is 2.33. The molecule has 1 aliphatic heterocycles. The van der Waals surface area contributed by atoms with E-state index in [4.69, 9.17) is 17.3 Å². The highest BCUT2D eigenvalue weighted by molar-refractivity contribution is 6.30. The summed E-state index contributed by atoms with van der Waals surface area (Å²) in [5.41, 5.74) is 9.36. The van der Waals surface area contributed by atoms with Gasteiger partial charge in [0.2, 0.25) is 5.91 Å². The second-order valence-corrected chi connectivity index (χ2v) is 9.60. The Morgan fingerprint density at radius 1 is 1.28 bits per heavy atom. The smallest absolute Gasteiger partial charge is 0.267 e. The molecule has 0 aromatic heterocycles. The highest BCUT2D eigenvalue weighted by atomic mass is 35.5. The van der Waals surface area contributed by atoms with Crippen LogP contribution in [0, 0.1) is 17.8 Å². The first-order valence-corrected chi connectivity index (χ1v) is 12.0. The van der Waals surface area contributed by atoms with Crippen molar-refractivity contribution in [3.05, 3.63) is 46.1 Å². The Morgan fingerprint density at radius 3 is 2.62 bits per heavy atom. The van der Waals surface area contributed by atoms with Gasteiger partial charge in [-0.15, -0.1) is 0 Å². The largest absolute Gasteiger partial charge is 0.394 e. The Hall–Kier alpha value is -2.34. The number of carbonyl (C=O) groups is 2. The third-order valence-corrected chi connectivity index (χ3v) is 7.35. The van der Waals surface area contributed by atoms with Crippen LogP contribution in [0.15, 0.2) is 40.5 Å². The van der Waals surface area contributed by atoms with Gasteiger partial charge in [0.15, 0.2) is 0 Å². The fourth-order valence-corrected chi connectivity index (χ4v) is 5.10. The lowest BCUT2D eigenvalue weighted by Crippen LogP contribution is -2.36. The van der Waals surface area contributed by atoms with E-state index in [0.717, 1.165) is 49.0 Å². The molecule has 174 valence electrons. The first-order chi connectivity index (χ1) is 15.3. The summed E-state index contributed by atoms with van der Waals surface area (Å²) in [5.74, 6) is 1.13. The predicted octanol–water partition coefficient (Wildman–Crippen LogP) is 3.98. The Kier molecular flexibility index (Phi) is 8.35. The summed E-state index contributed by atoms with van der Waals surface area (Å²) in [4.78, 5) is 28.8. The minimum Gasteiger partial charge on any atom is -0.394 e. The standard InChI is InChI=1S/C25H35ClN4O2/c1-15(21-12-13-22(31)30-21)4-7-18-8-11-20(24(28-3)16(18)2)23(27)25(32)29-14-17-5-9-19(26)10-6-17/h5-6,9-10,15-16,18,21H,4,7-8,11-14,27H2,1-3H3,(H,29,32)(H,30,31). The SMILES string of the molecule is CN=C1C(=C(N)C(=O)NCc2ccc(Cl)cc2)CCC(CCC(C)C2CCC(=O)N2)C1C. The zero-order valence-electron chi connectivity index (χ0n) is 19.3. The van der Waals surface area contributed by atoms with Crippen LogP contribution in [-0.4, -0.2) is 30.6 Å². The van der Waals surface area contributed by atoms with Gasteiger partial charge in [0.05, 0.1) is 0 Å². The summed E-state index contributed by atoms with van der Waals surface area (Å²) >= 11 is 5.92. The minimum atomic E-state index is -0.257. The maximum absolute atomic E-state index is 12.7. The van der Waals surface area contributed by atoms with Crippen molar-refractivity contribution in [2.45, 2.75) is 65.0 Å². The number of nitrogens with two attached hydrogens (primary N) is 1. The van der Waals surface area contributed by atoms with Gasteiger partial charge in [0.1, 0.15) is 5.70 Å². The van der Waals surface area contributed by atoms with Crippen LogP contribution in [0.4, 0.5) is 0 Å². The first-order valence-electron chi connectivity index (χ1n) is 11.6.